The molecule has 0 heterocycles. The second-order valence-corrected chi connectivity index (χ2v) is 4.27. The van der Waals surface area contributed by atoms with Gasteiger partial charge >= 0.3 is 5.97 Å². The summed E-state index contributed by atoms with van der Waals surface area (Å²) in [7, 11) is -3.87. The number of esters is 1. The van der Waals surface area contributed by atoms with E-state index in [2.05, 4.69) is 11.3 Å². The molecule has 0 radical (unpaired) electrons. The van der Waals surface area contributed by atoms with Crippen LogP contribution >= 0.6 is 0 Å². The Labute approximate surface area is 82.0 Å². The van der Waals surface area contributed by atoms with Crippen molar-refractivity contribution in [3.8, 4) is 0 Å². The monoisotopic (exact) mass is 225 g/mol. The van der Waals surface area contributed by atoms with Crippen molar-refractivity contribution >= 4 is 16.0 Å². The Morgan fingerprint density at radius 2 is 2.14 bits per heavy atom. The molecule has 0 aromatic carbocycles. The maximum Gasteiger partial charge on any atom is 0.333 e. The van der Waals surface area contributed by atoms with Gasteiger partial charge in [0.25, 0.3) is 0 Å². The zero-order valence-corrected chi connectivity index (χ0v) is 8.56. The highest BCUT2D eigenvalue weighted by Gasteiger charge is 2.08. The molecule has 0 fully saturated rings. The highest BCUT2D eigenvalue weighted by atomic mass is 32.2. The highest BCUT2D eigenvalue weighted by molar-refractivity contribution is 7.89. The molecular formula is C7H12FNO4S. The van der Waals surface area contributed by atoms with Gasteiger partial charge in [-0.05, 0) is 6.92 Å². The Bertz CT molecular complexity index is 312. The molecule has 0 atom stereocenters. The molecule has 1 N–H and O–H groups in total. The molecule has 0 aromatic heterocycles. The van der Waals surface area contributed by atoms with Crippen LogP contribution in [-0.4, -0.2) is 33.5 Å². The third-order valence-corrected chi connectivity index (χ3v) is 2.08. The average molecular weight is 225 g/mol. The van der Waals surface area contributed by atoms with Crippen LogP contribution in [0.15, 0.2) is 12.2 Å². The summed E-state index contributed by atoms with van der Waals surface area (Å²) in [4.78, 5) is 10.8. The minimum absolute atomic E-state index is 0.148. The summed E-state index contributed by atoms with van der Waals surface area (Å²) < 4.78 is 39.2. The molecule has 0 spiro atoms. The lowest BCUT2D eigenvalue weighted by molar-refractivity contribution is -0.138. The zero-order valence-electron chi connectivity index (χ0n) is 7.75. The van der Waals surface area contributed by atoms with Crippen molar-refractivity contribution < 1.29 is 22.3 Å². The van der Waals surface area contributed by atoms with Gasteiger partial charge in [-0.3, -0.25) is 0 Å². The van der Waals surface area contributed by atoms with Crippen LogP contribution in [-0.2, 0) is 19.6 Å². The molecule has 5 nitrogen and oxygen atoms in total. The van der Waals surface area contributed by atoms with Gasteiger partial charge in [-0.15, -0.1) is 0 Å². The van der Waals surface area contributed by atoms with Crippen LogP contribution < -0.4 is 4.72 Å². The number of rotatable bonds is 6. The second-order valence-electron chi connectivity index (χ2n) is 2.53. The maximum atomic E-state index is 11.7. The predicted octanol–water partition coefficient (Wildman–Crippen LogP) is -0.0479. The van der Waals surface area contributed by atoms with Gasteiger partial charge in [-0.2, -0.15) is 0 Å². The molecule has 0 amide bonds. The Hall–Kier alpha value is -0.950. The topological polar surface area (TPSA) is 72.5 Å². The van der Waals surface area contributed by atoms with Crippen molar-refractivity contribution in [2.45, 2.75) is 6.92 Å². The van der Waals surface area contributed by atoms with Crippen LogP contribution in [0.5, 0.6) is 0 Å². The van der Waals surface area contributed by atoms with Crippen molar-refractivity contribution in [3.63, 3.8) is 0 Å². The van der Waals surface area contributed by atoms with Crippen molar-refractivity contribution in [3.05, 3.63) is 12.2 Å². The summed E-state index contributed by atoms with van der Waals surface area (Å²) in [6.45, 7) is 4.50. The highest BCUT2D eigenvalue weighted by Crippen LogP contribution is 1.91. The number of carbonyl (C=O) groups is 1. The molecule has 0 aliphatic rings. The van der Waals surface area contributed by atoms with Crippen molar-refractivity contribution in [2.24, 2.45) is 0 Å². The lowest BCUT2D eigenvalue weighted by atomic mass is 10.4. The third-order valence-electron chi connectivity index (χ3n) is 1.15. The first kappa shape index (κ1) is 13.1. The molecule has 0 saturated heterocycles. The molecule has 82 valence electrons. The summed E-state index contributed by atoms with van der Waals surface area (Å²) in [5.41, 5.74) is 0.221. The number of alkyl halides is 1. The fourth-order valence-electron chi connectivity index (χ4n) is 0.503. The van der Waals surface area contributed by atoms with Crippen LogP contribution in [0.4, 0.5) is 4.39 Å². The van der Waals surface area contributed by atoms with Crippen LogP contribution in [0.3, 0.4) is 0 Å². The molecule has 0 rings (SSSR count). The fourth-order valence-corrected chi connectivity index (χ4v) is 0.974. The number of hydrogen-bond donors (Lipinski definition) is 1. The van der Waals surface area contributed by atoms with Crippen molar-refractivity contribution in [1.82, 2.24) is 4.72 Å². The number of hydrogen-bond acceptors (Lipinski definition) is 4. The number of nitrogens with one attached hydrogen (secondary N) is 1. The summed E-state index contributed by atoms with van der Waals surface area (Å²) in [5.74, 6) is -0.607. The Balaban J connectivity index is 3.68. The van der Waals surface area contributed by atoms with E-state index >= 15 is 0 Å². The van der Waals surface area contributed by atoms with E-state index in [0.29, 0.717) is 0 Å². The van der Waals surface area contributed by atoms with Gasteiger partial charge in [0.2, 0.25) is 16.0 Å². The van der Waals surface area contributed by atoms with Crippen LogP contribution in [0.1, 0.15) is 6.92 Å². The molecule has 0 unspecified atom stereocenters. The maximum absolute atomic E-state index is 11.7. The Morgan fingerprint density at radius 1 is 1.57 bits per heavy atom. The zero-order chi connectivity index (χ0) is 11.2. The van der Waals surface area contributed by atoms with Gasteiger partial charge in [0, 0.05) is 12.1 Å². The molecule has 0 saturated carbocycles. The van der Waals surface area contributed by atoms with Gasteiger partial charge in [0.05, 0.1) is 0 Å². The summed E-state index contributed by atoms with van der Waals surface area (Å²) in [5, 5.41) is 0. The molecule has 0 aliphatic carbocycles. The lowest BCUT2D eigenvalue weighted by Gasteiger charge is -2.04. The van der Waals surface area contributed by atoms with Gasteiger partial charge in [0.1, 0.15) is 6.61 Å². The number of carbonyl (C=O) groups excluding carboxylic acids is 1. The first-order valence-electron chi connectivity index (χ1n) is 3.75. The smallest absolute Gasteiger partial charge is 0.333 e. The largest absolute Gasteiger partial charge is 0.461 e. The predicted molar refractivity (Wildman–Crippen MR) is 48.7 cm³/mol. The van der Waals surface area contributed by atoms with Gasteiger partial charge in [-0.25, -0.2) is 22.3 Å². The summed E-state index contributed by atoms with van der Waals surface area (Å²) >= 11 is 0. The van der Waals surface area contributed by atoms with Gasteiger partial charge < -0.3 is 4.74 Å². The van der Waals surface area contributed by atoms with Gasteiger partial charge in [0.15, 0.2) is 0 Å². The SMILES string of the molecule is C=C(C)C(=O)OCCNS(=O)(=O)CF. The quantitative estimate of drug-likeness (QED) is 0.391. The second kappa shape index (κ2) is 5.71. The average Bonchev–Trinajstić information content (AvgIpc) is 2.12. The molecule has 0 bridgehead atoms. The standard InChI is InChI=1S/C7H12FNO4S/c1-6(2)7(10)13-4-3-9-14(11,12)5-8/h9H,1,3-5H2,2H3. The minimum Gasteiger partial charge on any atom is -0.461 e. The number of ether oxygens (including phenoxy) is 1. The number of sulfonamides is 1. The van der Waals surface area contributed by atoms with Crippen LogP contribution in [0.25, 0.3) is 0 Å². The van der Waals surface area contributed by atoms with E-state index in [1.165, 1.54) is 6.92 Å². The van der Waals surface area contributed by atoms with Crippen LogP contribution in [0.2, 0.25) is 0 Å². The third kappa shape index (κ3) is 5.65. The van der Waals surface area contributed by atoms with Crippen molar-refractivity contribution in [2.75, 3.05) is 19.2 Å². The first-order valence-corrected chi connectivity index (χ1v) is 5.40. The van der Waals surface area contributed by atoms with Crippen molar-refractivity contribution in [1.29, 1.82) is 0 Å². The normalized spacial score (nSPS) is 11.0. The molecule has 0 aliphatic heterocycles. The van der Waals surface area contributed by atoms with E-state index < -0.39 is 22.0 Å². The van der Waals surface area contributed by atoms with E-state index in [0.717, 1.165) is 0 Å². The van der Waals surface area contributed by atoms with E-state index in [9.17, 15) is 17.6 Å². The molecular weight excluding hydrogens is 213 g/mol. The van der Waals surface area contributed by atoms with E-state index in [-0.39, 0.29) is 18.7 Å². The minimum atomic E-state index is -3.87. The summed E-state index contributed by atoms with van der Waals surface area (Å²) in [6.07, 6.45) is 0. The lowest BCUT2D eigenvalue weighted by Crippen LogP contribution is -2.29. The van der Waals surface area contributed by atoms with E-state index in [4.69, 9.17) is 0 Å². The van der Waals surface area contributed by atoms with E-state index in [1.54, 1.807) is 0 Å². The van der Waals surface area contributed by atoms with Gasteiger partial charge in [-0.1, -0.05) is 6.58 Å². The van der Waals surface area contributed by atoms with Crippen LogP contribution in [0, 0.1) is 0 Å². The molecule has 14 heavy (non-hydrogen) atoms. The fraction of sp³-hybridized carbons (Fsp3) is 0.571. The van der Waals surface area contributed by atoms with E-state index in [1.807, 2.05) is 4.72 Å². The Kier molecular flexibility index (Phi) is 5.32. The number of halogens is 1. The molecule has 7 heteroatoms. The first-order chi connectivity index (χ1) is 6.39. The summed E-state index contributed by atoms with van der Waals surface area (Å²) in [6, 6.07) is -1.48. The Morgan fingerprint density at radius 3 is 2.57 bits per heavy atom. The molecule has 0 aromatic rings.